The molecule has 0 rings (SSSR count). The molecule has 4 nitrogen and oxygen atoms in total. The van der Waals surface area contributed by atoms with Gasteiger partial charge in [0.2, 0.25) is 0 Å². The van der Waals surface area contributed by atoms with Gasteiger partial charge in [0.05, 0.1) is 18.3 Å². The molecule has 4 heteroatoms. The Balaban J connectivity index is 3.87. The summed E-state index contributed by atoms with van der Waals surface area (Å²) < 4.78 is 0. The van der Waals surface area contributed by atoms with Crippen molar-refractivity contribution in [3.63, 3.8) is 0 Å². The van der Waals surface area contributed by atoms with E-state index < -0.39 is 0 Å². The quantitative estimate of drug-likeness (QED) is 0.456. The Labute approximate surface area is 66.3 Å². The molecule has 0 spiro atoms. The summed E-state index contributed by atoms with van der Waals surface area (Å²) in [5, 5.41) is 9.68. The summed E-state index contributed by atoms with van der Waals surface area (Å²) in [6.45, 7) is 5.17. The van der Waals surface area contributed by atoms with Crippen molar-refractivity contribution in [2.24, 2.45) is 9.98 Å². The van der Waals surface area contributed by atoms with E-state index in [0.717, 1.165) is 0 Å². The molecule has 0 aromatic carbocycles. The summed E-state index contributed by atoms with van der Waals surface area (Å²) >= 11 is 0. The molecule has 0 aliphatic carbocycles. The lowest BCUT2D eigenvalue weighted by molar-refractivity contribution is 1.20. The van der Waals surface area contributed by atoms with Gasteiger partial charge >= 0.3 is 0 Å². The number of rotatable bonds is 3. The van der Waals surface area contributed by atoms with Gasteiger partial charge < -0.3 is 5.32 Å². The molecule has 0 saturated carbocycles. The Morgan fingerprint density at radius 3 is 2.64 bits per heavy atom. The van der Waals surface area contributed by atoms with E-state index in [0.29, 0.717) is 5.70 Å². The highest BCUT2D eigenvalue weighted by molar-refractivity contribution is 5.91. The van der Waals surface area contributed by atoms with Gasteiger partial charge in [0.1, 0.15) is 5.84 Å². The van der Waals surface area contributed by atoms with E-state index in [1.165, 1.54) is 12.6 Å². The van der Waals surface area contributed by atoms with E-state index in [1.807, 2.05) is 0 Å². The number of amidine groups is 1. The van der Waals surface area contributed by atoms with Gasteiger partial charge in [-0.3, -0.25) is 5.41 Å². The van der Waals surface area contributed by atoms with E-state index in [2.05, 4.69) is 21.9 Å². The molecule has 0 aliphatic rings. The van der Waals surface area contributed by atoms with Crippen LogP contribution in [0.4, 0.5) is 0 Å². The van der Waals surface area contributed by atoms with Crippen LogP contribution in [0.25, 0.3) is 0 Å². The van der Waals surface area contributed by atoms with Gasteiger partial charge in [-0.15, -0.1) is 0 Å². The molecule has 0 unspecified atom stereocenters. The van der Waals surface area contributed by atoms with Crippen LogP contribution >= 0.6 is 0 Å². The summed E-state index contributed by atoms with van der Waals surface area (Å²) in [6, 6.07) is 0. The van der Waals surface area contributed by atoms with E-state index in [9.17, 15) is 0 Å². The molecular formula is C7H12N4. The predicted octanol–water partition coefficient (Wildman–Crippen LogP) is 0.816. The molecule has 0 saturated heterocycles. The maximum absolute atomic E-state index is 6.96. The largest absolute Gasteiger partial charge is 0.379 e. The highest BCUT2D eigenvalue weighted by Crippen LogP contribution is 1.85. The molecule has 0 fully saturated rings. The highest BCUT2D eigenvalue weighted by Gasteiger charge is 1.81. The van der Waals surface area contributed by atoms with Crippen molar-refractivity contribution in [2.75, 3.05) is 7.05 Å². The lowest BCUT2D eigenvalue weighted by Gasteiger charge is -1.88. The van der Waals surface area contributed by atoms with Gasteiger partial charge in [-0.2, -0.15) is 0 Å². The third-order valence-electron chi connectivity index (χ3n) is 0.767. The van der Waals surface area contributed by atoms with Crippen molar-refractivity contribution in [2.45, 2.75) is 6.92 Å². The van der Waals surface area contributed by atoms with Crippen LogP contribution < -0.4 is 5.32 Å². The number of aliphatic imine (C=N–C) groups is 2. The number of nitrogens with zero attached hydrogens (tertiary/aromatic N) is 2. The van der Waals surface area contributed by atoms with E-state index in [4.69, 9.17) is 5.41 Å². The zero-order valence-electron chi connectivity index (χ0n) is 6.76. The standard InChI is InChI=1S/C7H12N4/c1-6(11-5-9-3)4-10-7(2)8/h4-5,8H,1H2,2-3H3,(H,9,11)/b8-7?,10-4-. The van der Waals surface area contributed by atoms with Crippen molar-refractivity contribution < 1.29 is 0 Å². The summed E-state index contributed by atoms with van der Waals surface area (Å²) in [5.74, 6) is 0.241. The second kappa shape index (κ2) is 5.34. The van der Waals surface area contributed by atoms with Crippen LogP contribution in [0.15, 0.2) is 22.3 Å². The monoisotopic (exact) mass is 152 g/mol. The molecular weight excluding hydrogens is 140 g/mol. The summed E-state index contributed by atoms with van der Waals surface area (Å²) in [6.07, 6.45) is 2.95. The summed E-state index contributed by atoms with van der Waals surface area (Å²) in [4.78, 5) is 7.53. The second-order valence-corrected chi connectivity index (χ2v) is 1.88. The third-order valence-corrected chi connectivity index (χ3v) is 0.767. The number of nitrogens with one attached hydrogen (secondary N) is 2. The average Bonchev–Trinajstić information content (AvgIpc) is 1.97. The number of hydrogen-bond donors (Lipinski definition) is 2. The van der Waals surface area contributed by atoms with Crippen LogP contribution in [0.5, 0.6) is 0 Å². The molecule has 60 valence electrons. The predicted molar refractivity (Wildman–Crippen MR) is 48.6 cm³/mol. The maximum Gasteiger partial charge on any atom is 0.117 e. The molecule has 0 atom stereocenters. The van der Waals surface area contributed by atoms with Crippen LogP contribution in [0.3, 0.4) is 0 Å². The Kier molecular flexibility index (Phi) is 4.64. The van der Waals surface area contributed by atoms with Gasteiger partial charge in [0.25, 0.3) is 0 Å². The first-order chi connectivity index (χ1) is 5.16. The van der Waals surface area contributed by atoms with E-state index >= 15 is 0 Å². The Hall–Kier alpha value is -1.45. The molecule has 11 heavy (non-hydrogen) atoms. The normalized spacial score (nSPS) is 10.7. The number of hydrogen-bond acceptors (Lipinski definition) is 2. The molecule has 0 bridgehead atoms. The third kappa shape index (κ3) is 6.44. The van der Waals surface area contributed by atoms with Gasteiger partial charge in [-0.25, -0.2) is 9.98 Å². The fourth-order valence-corrected chi connectivity index (χ4v) is 0.352. The fraction of sp³-hybridized carbons (Fsp3) is 0.286. The summed E-state index contributed by atoms with van der Waals surface area (Å²) in [7, 11) is 1.75. The Bertz CT molecular complexity index is 202. The average molecular weight is 152 g/mol. The van der Waals surface area contributed by atoms with Gasteiger partial charge in [0.15, 0.2) is 0 Å². The smallest absolute Gasteiger partial charge is 0.117 e. The van der Waals surface area contributed by atoms with Crippen molar-refractivity contribution in [3.05, 3.63) is 12.3 Å². The van der Waals surface area contributed by atoms with Crippen LogP contribution in [-0.2, 0) is 0 Å². The van der Waals surface area contributed by atoms with Crippen molar-refractivity contribution in [1.29, 1.82) is 5.41 Å². The topological polar surface area (TPSA) is 60.6 Å². The first kappa shape index (κ1) is 9.55. The summed E-state index contributed by atoms with van der Waals surface area (Å²) in [5.41, 5.74) is 0.519. The van der Waals surface area contributed by atoms with Gasteiger partial charge in [-0.05, 0) is 6.92 Å². The lowest BCUT2D eigenvalue weighted by atomic mass is 10.5. The molecule has 0 heterocycles. The van der Waals surface area contributed by atoms with Crippen LogP contribution in [-0.4, -0.2) is 25.4 Å². The minimum Gasteiger partial charge on any atom is -0.379 e. The van der Waals surface area contributed by atoms with Crippen LogP contribution in [0.2, 0.25) is 0 Å². The van der Waals surface area contributed by atoms with Crippen LogP contribution in [0.1, 0.15) is 6.92 Å². The van der Waals surface area contributed by atoms with Crippen molar-refractivity contribution >= 4 is 18.4 Å². The number of allylic oxidation sites excluding steroid dienone is 1. The SMILES string of the molecule is C=C(/C=N\C(C)=N)/N=C\NC. The highest BCUT2D eigenvalue weighted by atomic mass is 14.9. The Morgan fingerprint density at radius 2 is 2.18 bits per heavy atom. The van der Waals surface area contributed by atoms with E-state index in [-0.39, 0.29) is 5.84 Å². The molecule has 0 aromatic rings. The minimum absolute atomic E-state index is 0.241. The first-order valence-electron chi connectivity index (χ1n) is 3.14. The van der Waals surface area contributed by atoms with Crippen molar-refractivity contribution in [1.82, 2.24) is 5.32 Å². The van der Waals surface area contributed by atoms with Crippen LogP contribution in [0, 0.1) is 5.41 Å². The molecule has 0 amide bonds. The lowest BCUT2D eigenvalue weighted by Crippen LogP contribution is -2.00. The Morgan fingerprint density at radius 1 is 1.55 bits per heavy atom. The first-order valence-corrected chi connectivity index (χ1v) is 3.14. The minimum atomic E-state index is 0.241. The fourth-order valence-electron chi connectivity index (χ4n) is 0.352. The molecule has 0 radical (unpaired) electrons. The van der Waals surface area contributed by atoms with E-state index in [1.54, 1.807) is 14.0 Å². The molecule has 2 N–H and O–H groups in total. The van der Waals surface area contributed by atoms with Gasteiger partial charge in [-0.1, -0.05) is 6.58 Å². The zero-order valence-corrected chi connectivity index (χ0v) is 6.76. The van der Waals surface area contributed by atoms with Crippen molar-refractivity contribution in [3.8, 4) is 0 Å². The second-order valence-electron chi connectivity index (χ2n) is 1.88. The van der Waals surface area contributed by atoms with Gasteiger partial charge in [0, 0.05) is 7.05 Å². The maximum atomic E-state index is 6.96. The molecule has 0 aliphatic heterocycles. The zero-order chi connectivity index (χ0) is 8.69. The molecule has 0 aromatic heterocycles.